The highest BCUT2D eigenvalue weighted by Crippen LogP contribution is 2.18. The van der Waals surface area contributed by atoms with Crippen LogP contribution in [0.4, 0.5) is 4.39 Å². The summed E-state index contributed by atoms with van der Waals surface area (Å²) in [7, 11) is 1.29. The highest BCUT2D eigenvalue weighted by atomic mass is 32.2. The Bertz CT molecular complexity index is 488. The first-order valence-corrected chi connectivity index (χ1v) is 6.83. The minimum atomic E-state index is -0.638. The molecule has 0 aliphatic heterocycles. The van der Waals surface area contributed by atoms with Crippen LogP contribution >= 0.6 is 11.8 Å². The van der Waals surface area contributed by atoms with Gasteiger partial charge < -0.3 is 10.5 Å². The Hall–Kier alpha value is -1.58. The normalized spacial score (nSPS) is 11.7. The molecular formula is C13H15FN2O2S. The number of carbonyl (C=O) groups excluding carboxylic acids is 1. The van der Waals surface area contributed by atoms with E-state index in [1.165, 1.54) is 37.1 Å². The van der Waals surface area contributed by atoms with Gasteiger partial charge in [0.25, 0.3) is 0 Å². The number of nitriles is 1. The van der Waals surface area contributed by atoms with Gasteiger partial charge in [0, 0.05) is 5.75 Å². The van der Waals surface area contributed by atoms with E-state index in [-0.39, 0.29) is 5.82 Å². The van der Waals surface area contributed by atoms with Crippen LogP contribution in [0.3, 0.4) is 0 Å². The van der Waals surface area contributed by atoms with E-state index in [0.29, 0.717) is 29.1 Å². The van der Waals surface area contributed by atoms with Crippen LogP contribution in [0.25, 0.3) is 0 Å². The largest absolute Gasteiger partial charge is 0.468 e. The van der Waals surface area contributed by atoms with Crippen LogP contribution in [0, 0.1) is 17.1 Å². The summed E-state index contributed by atoms with van der Waals surface area (Å²) in [6.45, 7) is 0. The van der Waals surface area contributed by atoms with E-state index in [2.05, 4.69) is 4.74 Å². The number of ether oxygens (including phenoxy) is 1. The molecule has 1 atom stereocenters. The minimum absolute atomic E-state index is 0.360. The Kier molecular flexibility index (Phi) is 6.33. The van der Waals surface area contributed by atoms with Gasteiger partial charge in [-0.2, -0.15) is 17.0 Å². The Morgan fingerprint density at radius 1 is 1.63 bits per heavy atom. The van der Waals surface area contributed by atoms with Crippen molar-refractivity contribution in [2.24, 2.45) is 5.73 Å². The molecule has 0 aliphatic rings. The number of nitrogens with zero attached hydrogens (tertiary/aromatic N) is 1. The molecule has 0 heterocycles. The average molecular weight is 282 g/mol. The summed E-state index contributed by atoms with van der Waals surface area (Å²) in [5, 5.41) is 8.90. The highest BCUT2D eigenvalue weighted by molar-refractivity contribution is 7.98. The Balaban J connectivity index is 2.44. The van der Waals surface area contributed by atoms with Crippen molar-refractivity contribution in [3.05, 3.63) is 35.1 Å². The number of rotatable bonds is 6. The number of hydrogen-bond acceptors (Lipinski definition) is 5. The number of halogens is 1. The molecule has 1 aromatic rings. The molecule has 1 rings (SSSR count). The second-order valence-corrected chi connectivity index (χ2v) is 4.99. The number of methoxy groups -OCH3 is 1. The average Bonchev–Trinajstić information content (AvgIpc) is 2.42. The summed E-state index contributed by atoms with van der Waals surface area (Å²) >= 11 is 1.50. The lowest BCUT2D eigenvalue weighted by molar-refractivity contribution is -0.142. The molecule has 2 N–H and O–H groups in total. The third-order valence-electron chi connectivity index (χ3n) is 2.52. The fourth-order valence-electron chi connectivity index (χ4n) is 1.45. The van der Waals surface area contributed by atoms with Crippen molar-refractivity contribution in [2.75, 3.05) is 12.9 Å². The lowest BCUT2D eigenvalue weighted by Crippen LogP contribution is -2.31. The smallest absolute Gasteiger partial charge is 0.322 e. The van der Waals surface area contributed by atoms with Gasteiger partial charge in [0.2, 0.25) is 0 Å². The van der Waals surface area contributed by atoms with Gasteiger partial charge in [-0.05, 0) is 35.9 Å². The second kappa shape index (κ2) is 7.77. The maximum Gasteiger partial charge on any atom is 0.322 e. The summed E-state index contributed by atoms with van der Waals surface area (Å²) in [6.07, 6.45) is 0.481. The second-order valence-electron chi connectivity index (χ2n) is 3.88. The Morgan fingerprint density at radius 3 is 3.00 bits per heavy atom. The van der Waals surface area contributed by atoms with E-state index in [1.54, 1.807) is 0 Å². The summed E-state index contributed by atoms with van der Waals surface area (Å²) < 4.78 is 17.6. The molecule has 0 aliphatic carbocycles. The molecule has 0 amide bonds. The summed E-state index contributed by atoms with van der Waals surface area (Å²) in [5.74, 6) is 0.344. The predicted molar refractivity (Wildman–Crippen MR) is 71.9 cm³/mol. The molecule has 0 saturated heterocycles. The van der Waals surface area contributed by atoms with Gasteiger partial charge in [-0.25, -0.2) is 4.39 Å². The summed E-state index contributed by atoms with van der Waals surface area (Å²) in [5.41, 5.74) is 6.70. The fraction of sp³-hybridized carbons (Fsp3) is 0.385. The maximum atomic E-state index is 13.1. The molecule has 0 aromatic heterocycles. The predicted octanol–water partition coefficient (Wildman–Crippen LogP) is 1.82. The lowest BCUT2D eigenvalue weighted by atomic mass is 10.1. The topological polar surface area (TPSA) is 76.1 Å². The van der Waals surface area contributed by atoms with Gasteiger partial charge in [0.05, 0.1) is 18.7 Å². The van der Waals surface area contributed by atoms with Gasteiger partial charge in [-0.15, -0.1) is 0 Å². The molecule has 1 unspecified atom stereocenters. The first-order valence-electron chi connectivity index (χ1n) is 5.68. The Morgan fingerprint density at radius 2 is 2.37 bits per heavy atom. The van der Waals surface area contributed by atoms with Crippen LogP contribution in [-0.2, 0) is 15.3 Å². The number of esters is 1. The first-order chi connectivity index (χ1) is 9.08. The quantitative estimate of drug-likeness (QED) is 0.636. The molecule has 0 fully saturated rings. The van der Waals surface area contributed by atoms with Gasteiger partial charge in [-0.1, -0.05) is 0 Å². The van der Waals surface area contributed by atoms with Crippen molar-refractivity contribution in [3.63, 3.8) is 0 Å². The van der Waals surface area contributed by atoms with E-state index in [4.69, 9.17) is 11.0 Å². The summed E-state index contributed by atoms with van der Waals surface area (Å²) in [4.78, 5) is 11.1. The molecule has 0 spiro atoms. The number of nitrogens with two attached hydrogens (primary N) is 1. The zero-order chi connectivity index (χ0) is 14.3. The first kappa shape index (κ1) is 15.5. The van der Waals surface area contributed by atoms with Gasteiger partial charge in [-0.3, -0.25) is 4.79 Å². The van der Waals surface area contributed by atoms with E-state index in [1.807, 2.05) is 6.07 Å². The number of thioether (sulfide) groups is 1. The van der Waals surface area contributed by atoms with Gasteiger partial charge in [0.15, 0.2) is 0 Å². The van der Waals surface area contributed by atoms with Crippen molar-refractivity contribution in [3.8, 4) is 6.07 Å². The zero-order valence-electron chi connectivity index (χ0n) is 10.6. The van der Waals surface area contributed by atoms with Crippen molar-refractivity contribution >= 4 is 17.7 Å². The van der Waals surface area contributed by atoms with Crippen LogP contribution in [0.2, 0.25) is 0 Å². The van der Waals surface area contributed by atoms with Crippen molar-refractivity contribution < 1.29 is 13.9 Å². The lowest BCUT2D eigenvalue weighted by Gasteiger charge is -2.09. The maximum absolute atomic E-state index is 13.1. The van der Waals surface area contributed by atoms with Crippen LogP contribution in [0.15, 0.2) is 18.2 Å². The molecular weight excluding hydrogens is 267 g/mol. The number of hydrogen-bond donors (Lipinski definition) is 1. The fourth-order valence-corrected chi connectivity index (χ4v) is 2.48. The Labute approximate surface area is 115 Å². The van der Waals surface area contributed by atoms with Gasteiger partial charge in [0.1, 0.15) is 11.9 Å². The van der Waals surface area contributed by atoms with Gasteiger partial charge >= 0.3 is 5.97 Å². The molecule has 19 heavy (non-hydrogen) atoms. The molecule has 0 bridgehead atoms. The highest BCUT2D eigenvalue weighted by Gasteiger charge is 2.13. The van der Waals surface area contributed by atoms with E-state index in [0.717, 1.165) is 0 Å². The monoisotopic (exact) mass is 282 g/mol. The molecule has 4 nitrogen and oxygen atoms in total. The number of benzene rings is 1. The van der Waals surface area contributed by atoms with Crippen molar-refractivity contribution in [2.45, 2.75) is 18.2 Å². The van der Waals surface area contributed by atoms with Crippen LogP contribution in [-0.4, -0.2) is 24.9 Å². The van der Waals surface area contributed by atoms with Crippen LogP contribution in [0.5, 0.6) is 0 Å². The molecule has 102 valence electrons. The standard InChI is InChI=1S/C13H15FN2O2S/c1-18-13(17)12(16)4-5-19-8-10-6-11(14)3-2-9(10)7-15/h2-3,6,12H,4-5,8,16H2,1H3. The van der Waals surface area contributed by atoms with E-state index < -0.39 is 12.0 Å². The third kappa shape index (κ3) is 4.89. The summed E-state index contributed by atoms with van der Waals surface area (Å²) in [6, 6.07) is 5.46. The molecule has 6 heteroatoms. The van der Waals surface area contributed by atoms with E-state index in [9.17, 15) is 9.18 Å². The van der Waals surface area contributed by atoms with Crippen LogP contribution < -0.4 is 5.73 Å². The van der Waals surface area contributed by atoms with Crippen molar-refractivity contribution in [1.82, 2.24) is 0 Å². The van der Waals surface area contributed by atoms with Crippen molar-refractivity contribution in [1.29, 1.82) is 5.26 Å². The molecule has 0 radical (unpaired) electrons. The molecule has 0 saturated carbocycles. The molecule has 1 aromatic carbocycles. The number of carbonyl (C=O) groups is 1. The SMILES string of the molecule is COC(=O)C(N)CCSCc1cc(F)ccc1C#N. The zero-order valence-corrected chi connectivity index (χ0v) is 11.4. The van der Waals surface area contributed by atoms with Crippen LogP contribution in [0.1, 0.15) is 17.5 Å². The minimum Gasteiger partial charge on any atom is -0.468 e. The van der Waals surface area contributed by atoms with E-state index >= 15 is 0 Å². The third-order valence-corrected chi connectivity index (χ3v) is 3.56.